The normalized spacial score (nSPS) is 11.5. The quantitative estimate of drug-likeness (QED) is 0.769. The van der Waals surface area contributed by atoms with E-state index in [2.05, 4.69) is 10.1 Å². The molecule has 0 saturated carbocycles. The SMILES string of the molecule is CC(=O)[C@H](Cc1ccccc1)NC(=O)COC(=O)c1c(F)cccc1F. The number of rotatable bonds is 7. The zero-order valence-electron chi connectivity index (χ0n) is 14.0. The third kappa shape index (κ3) is 5.20. The molecule has 2 rings (SSSR count). The molecule has 1 atom stereocenters. The van der Waals surface area contributed by atoms with Gasteiger partial charge in [0.2, 0.25) is 0 Å². The van der Waals surface area contributed by atoms with Crippen molar-refractivity contribution in [3.63, 3.8) is 0 Å². The van der Waals surface area contributed by atoms with Gasteiger partial charge in [0.05, 0.1) is 6.04 Å². The monoisotopic (exact) mass is 361 g/mol. The van der Waals surface area contributed by atoms with E-state index in [-0.39, 0.29) is 12.2 Å². The Bertz CT molecular complexity index is 788. The number of amides is 1. The van der Waals surface area contributed by atoms with E-state index < -0.39 is 41.7 Å². The standard InChI is InChI=1S/C19H17F2NO4/c1-12(23)16(10-13-6-3-2-4-7-13)22-17(24)11-26-19(25)18-14(20)8-5-9-15(18)21/h2-9,16H,10-11H2,1H3,(H,22,24)/t16-/m0/s1. The molecule has 7 heteroatoms. The van der Waals surface area contributed by atoms with E-state index in [1.165, 1.54) is 6.92 Å². The lowest BCUT2D eigenvalue weighted by Crippen LogP contribution is -2.43. The first-order chi connectivity index (χ1) is 12.4. The van der Waals surface area contributed by atoms with Crippen molar-refractivity contribution in [2.24, 2.45) is 0 Å². The summed E-state index contributed by atoms with van der Waals surface area (Å²) < 4.78 is 31.6. The first kappa shape index (κ1) is 19.2. The number of ketones is 1. The Labute approximate surface area is 149 Å². The lowest BCUT2D eigenvalue weighted by atomic mass is 10.0. The Morgan fingerprint density at radius 3 is 2.19 bits per heavy atom. The number of carbonyl (C=O) groups excluding carboxylic acids is 3. The van der Waals surface area contributed by atoms with Gasteiger partial charge in [-0.05, 0) is 31.0 Å². The summed E-state index contributed by atoms with van der Waals surface area (Å²) >= 11 is 0. The molecule has 2 aromatic carbocycles. The van der Waals surface area contributed by atoms with Crippen LogP contribution in [0.2, 0.25) is 0 Å². The van der Waals surface area contributed by atoms with Gasteiger partial charge in [-0.15, -0.1) is 0 Å². The summed E-state index contributed by atoms with van der Waals surface area (Å²) in [6, 6.07) is 11.2. The van der Waals surface area contributed by atoms with Gasteiger partial charge in [-0.2, -0.15) is 0 Å². The molecule has 1 N–H and O–H groups in total. The van der Waals surface area contributed by atoms with Crippen LogP contribution >= 0.6 is 0 Å². The molecule has 0 heterocycles. The predicted molar refractivity (Wildman–Crippen MR) is 89.4 cm³/mol. The minimum absolute atomic E-state index is 0.270. The highest BCUT2D eigenvalue weighted by Gasteiger charge is 2.21. The summed E-state index contributed by atoms with van der Waals surface area (Å²) in [5.74, 6) is -4.47. The molecular weight excluding hydrogens is 344 g/mol. The Morgan fingerprint density at radius 2 is 1.62 bits per heavy atom. The van der Waals surface area contributed by atoms with Crippen LogP contribution in [0.5, 0.6) is 0 Å². The van der Waals surface area contributed by atoms with Gasteiger partial charge in [0.15, 0.2) is 12.4 Å². The number of Topliss-reactive ketones (excluding diaryl/α,β-unsaturated/α-hetero) is 1. The van der Waals surface area contributed by atoms with Crippen molar-refractivity contribution < 1.29 is 27.9 Å². The number of carbonyl (C=O) groups is 3. The number of nitrogens with one attached hydrogen (secondary N) is 1. The highest BCUT2D eigenvalue weighted by Crippen LogP contribution is 2.13. The van der Waals surface area contributed by atoms with Crippen molar-refractivity contribution in [3.05, 3.63) is 71.3 Å². The van der Waals surface area contributed by atoms with E-state index in [0.29, 0.717) is 0 Å². The van der Waals surface area contributed by atoms with E-state index in [4.69, 9.17) is 0 Å². The lowest BCUT2D eigenvalue weighted by molar-refractivity contribution is -0.128. The van der Waals surface area contributed by atoms with Crippen LogP contribution in [0.4, 0.5) is 8.78 Å². The highest BCUT2D eigenvalue weighted by atomic mass is 19.1. The van der Waals surface area contributed by atoms with Crippen molar-refractivity contribution in [1.82, 2.24) is 5.32 Å². The van der Waals surface area contributed by atoms with Gasteiger partial charge in [-0.1, -0.05) is 36.4 Å². The third-order valence-electron chi connectivity index (χ3n) is 3.61. The van der Waals surface area contributed by atoms with Gasteiger partial charge in [0.1, 0.15) is 17.2 Å². The average Bonchev–Trinajstić information content (AvgIpc) is 2.60. The molecule has 0 spiro atoms. The van der Waals surface area contributed by atoms with Crippen LogP contribution in [0.1, 0.15) is 22.8 Å². The van der Waals surface area contributed by atoms with Crippen LogP contribution in [0.15, 0.2) is 48.5 Å². The van der Waals surface area contributed by atoms with Crippen LogP contribution in [0, 0.1) is 11.6 Å². The van der Waals surface area contributed by atoms with E-state index in [1.807, 2.05) is 18.2 Å². The van der Waals surface area contributed by atoms with Crippen molar-refractivity contribution in [3.8, 4) is 0 Å². The lowest BCUT2D eigenvalue weighted by Gasteiger charge is -2.16. The van der Waals surface area contributed by atoms with E-state index in [9.17, 15) is 23.2 Å². The maximum Gasteiger partial charge on any atom is 0.344 e. The fourth-order valence-corrected chi connectivity index (χ4v) is 2.28. The summed E-state index contributed by atoms with van der Waals surface area (Å²) in [5.41, 5.74) is -0.0221. The Balaban J connectivity index is 1.94. The number of halogens is 2. The zero-order valence-corrected chi connectivity index (χ0v) is 14.0. The number of esters is 1. The molecule has 5 nitrogen and oxygen atoms in total. The minimum Gasteiger partial charge on any atom is -0.452 e. The van der Waals surface area contributed by atoms with E-state index in [0.717, 1.165) is 23.8 Å². The molecule has 136 valence electrons. The Hall–Kier alpha value is -3.09. The number of hydrogen-bond donors (Lipinski definition) is 1. The van der Waals surface area contributed by atoms with Crippen molar-refractivity contribution in [2.75, 3.05) is 6.61 Å². The molecule has 0 unspecified atom stereocenters. The smallest absolute Gasteiger partial charge is 0.344 e. The van der Waals surface area contributed by atoms with Gasteiger partial charge >= 0.3 is 5.97 Å². The van der Waals surface area contributed by atoms with Gasteiger partial charge in [-0.25, -0.2) is 13.6 Å². The van der Waals surface area contributed by atoms with Crippen molar-refractivity contribution in [1.29, 1.82) is 0 Å². The molecule has 0 aliphatic carbocycles. The number of hydrogen-bond acceptors (Lipinski definition) is 4. The van der Waals surface area contributed by atoms with Crippen LogP contribution in [-0.4, -0.2) is 30.3 Å². The summed E-state index contributed by atoms with van der Waals surface area (Å²) in [7, 11) is 0. The molecule has 0 aliphatic heterocycles. The second-order valence-corrected chi connectivity index (χ2v) is 5.59. The summed E-state index contributed by atoms with van der Waals surface area (Å²) in [4.78, 5) is 35.4. The molecule has 2 aromatic rings. The molecule has 0 aliphatic rings. The topological polar surface area (TPSA) is 72.5 Å². The third-order valence-corrected chi connectivity index (χ3v) is 3.61. The molecule has 0 fully saturated rings. The maximum atomic E-state index is 13.5. The molecule has 26 heavy (non-hydrogen) atoms. The van der Waals surface area contributed by atoms with Gasteiger partial charge < -0.3 is 10.1 Å². The van der Waals surface area contributed by atoms with Crippen LogP contribution in [0.25, 0.3) is 0 Å². The number of benzene rings is 2. The molecule has 1 amide bonds. The Morgan fingerprint density at radius 1 is 1.00 bits per heavy atom. The van der Waals surface area contributed by atoms with Gasteiger partial charge in [0.25, 0.3) is 5.91 Å². The van der Waals surface area contributed by atoms with Crippen LogP contribution in [0.3, 0.4) is 0 Å². The summed E-state index contributed by atoms with van der Waals surface area (Å²) in [5, 5.41) is 2.45. The van der Waals surface area contributed by atoms with Gasteiger partial charge in [-0.3, -0.25) is 9.59 Å². The predicted octanol–water partition coefficient (Wildman–Crippen LogP) is 2.44. The van der Waals surface area contributed by atoms with Crippen LogP contribution in [-0.2, 0) is 20.7 Å². The van der Waals surface area contributed by atoms with Gasteiger partial charge in [0, 0.05) is 0 Å². The Kier molecular flexibility index (Phi) is 6.54. The molecule has 0 aromatic heterocycles. The number of ether oxygens (including phenoxy) is 1. The largest absolute Gasteiger partial charge is 0.452 e. The summed E-state index contributed by atoms with van der Waals surface area (Å²) in [6.45, 7) is 0.569. The minimum atomic E-state index is -1.29. The first-order valence-corrected chi connectivity index (χ1v) is 7.83. The zero-order chi connectivity index (χ0) is 19.1. The second kappa shape index (κ2) is 8.84. The van der Waals surface area contributed by atoms with E-state index >= 15 is 0 Å². The molecular formula is C19H17F2NO4. The first-order valence-electron chi connectivity index (χ1n) is 7.83. The fraction of sp³-hybridized carbons (Fsp3) is 0.211. The molecule has 0 radical (unpaired) electrons. The maximum absolute atomic E-state index is 13.5. The second-order valence-electron chi connectivity index (χ2n) is 5.59. The van der Waals surface area contributed by atoms with Crippen LogP contribution < -0.4 is 5.32 Å². The van der Waals surface area contributed by atoms with Crippen molar-refractivity contribution >= 4 is 17.7 Å². The summed E-state index contributed by atoms with van der Waals surface area (Å²) in [6.07, 6.45) is 0.276. The van der Waals surface area contributed by atoms with Crippen molar-refractivity contribution in [2.45, 2.75) is 19.4 Å². The van der Waals surface area contributed by atoms with E-state index in [1.54, 1.807) is 12.1 Å². The highest BCUT2D eigenvalue weighted by molar-refractivity contribution is 5.93. The fourth-order valence-electron chi connectivity index (χ4n) is 2.28. The molecule has 0 saturated heterocycles. The molecule has 0 bridgehead atoms. The average molecular weight is 361 g/mol.